The highest BCUT2D eigenvalue weighted by atomic mass is 35.5. The second-order valence-corrected chi connectivity index (χ2v) is 6.19. The normalized spacial score (nSPS) is 11.0. The molecular formula is C18H15Cl2NO2. The van der Waals surface area contributed by atoms with Crippen molar-refractivity contribution in [1.29, 1.82) is 0 Å². The first kappa shape index (κ1) is 15.9. The van der Waals surface area contributed by atoms with E-state index in [-0.39, 0.29) is 5.56 Å². The van der Waals surface area contributed by atoms with E-state index in [9.17, 15) is 4.79 Å². The smallest absolute Gasteiger partial charge is 0.251 e. The molecule has 3 nitrogen and oxygen atoms in total. The summed E-state index contributed by atoms with van der Waals surface area (Å²) in [7, 11) is 1.60. The van der Waals surface area contributed by atoms with E-state index < -0.39 is 0 Å². The molecule has 23 heavy (non-hydrogen) atoms. The maximum Gasteiger partial charge on any atom is 0.251 e. The van der Waals surface area contributed by atoms with Gasteiger partial charge in [-0.05, 0) is 36.2 Å². The molecule has 0 unspecified atom stereocenters. The first-order chi connectivity index (χ1) is 11.0. The molecule has 1 heterocycles. The predicted octanol–water partition coefficient (Wildman–Crippen LogP) is 4.67. The van der Waals surface area contributed by atoms with Crippen LogP contribution >= 0.6 is 23.2 Å². The van der Waals surface area contributed by atoms with E-state index in [2.05, 4.69) is 0 Å². The Bertz CT molecular complexity index is 948. The van der Waals surface area contributed by atoms with Crippen LogP contribution in [0.5, 0.6) is 5.75 Å². The van der Waals surface area contributed by atoms with Gasteiger partial charge in [-0.25, -0.2) is 0 Å². The van der Waals surface area contributed by atoms with Crippen LogP contribution in [0, 0.1) is 6.92 Å². The van der Waals surface area contributed by atoms with Crippen molar-refractivity contribution < 1.29 is 4.74 Å². The van der Waals surface area contributed by atoms with Gasteiger partial charge in [-0.3, -0.25) is 4.79 Å². The van der Waals surface area contributed by atoms with E-state index in [0.29, 0.717) is 22.3 Å². The molecule has 2 aromatic carbocycles. The number of aryl methyl sites for hydroxylation is 1. The topological polar surface area (TPSA) is 31.2 Å². The highest BCUT2D eigenvalue weighted by molar-refractivity contribution is 6.35. The molecule has 5 heteroatoms. The van der Waals surface area contributed by atoms with Crippen LogP contribution in [0.1, 0.15) is 11.1 Å². The van der Waals surface area contributed by atoms with Crippen molar-refractivity contribution in [2.45, 2.75) is 13.5 Å². The second kappa shape index (κ2) is 6.26. The molecule has 0 atom stereocenters. The van der Waals surface area contributed by atoms with Crippen LogP contribution in [0.15, 0.2) is 47.3 Å². The number of benzene rings is 2. The van der Waals surface area contributed by atoms with Crippen LogP contribution in [0.25, 0.3) is 10.9 Å². The Balaban J connectivity index is 2.26. The van der Waals surface area contributed by atoms with Crippen molar-refractivity contribution in [1.82, 2.24) is 4.57 Å². The number of methoxy groups -OCH3 is 1. The molecule has 118 valence electrons. The van der Waals surface area contributed by atoms with Crippen LogP contribution in [0.3, 0.4) is 0 Å². The van der Waals surface area contributed by atoms with Gasteiger partial charge in [0.1, 0.15) is 5.75 Å². The molecule has 3 rings (SSSR count). The number of rotatable bonds is 3. The monoisotopic (exact) mass is 347 g/mol. The lowest BCUT2D eigenvalue weighted by molar-refractivity contribution is 0.417. The summed E-state index contributed by atoms with van der Waals surface area (Å²) in [6.07, 6.45) is 0. The lowest BCUT2D eigenvalue weighted by Gasteiger charge is -2.15. The first-order valence-corrected chi connectivity index (χ1v) is 7.88. The molecule has 0 radical (unpaired) electrons. The molecule has 1 aromatic heterocycles. The van der Waals surface area contributed by atoms with Crippen LogP contribution in [-0.2, 0) is 6.54 Å². The third-order valence-corrected chi connectivity index (χ3v) is 4.45. The Morgan fingerprint density at radius 2 is 1.91 bits per heavy atom. The Morgan fingerprint density at radius 1 is 1.13 bits per heavy atom. The third-order valence-electron chi connectivity index (χ3n) is 3.86. The number of hydrogen-bond donors (Lipinski definition) is 0. The number of ether oxygens (including phenoxy) is 1. The molecule has 0 N–H and O–H groups in total. The fraction of sp³-hybridized carbons (Fsp3) is 0.167. The number of halogens is 2. The third kappa shape index (κ3) is 2.94. The summed E-state index contributed by atoms with van der Waals surface area (Å²) >= 11 is 12.2. The van der Waals surface area contributed by atoms with Gasteiger partial charge in [0.15, 0.2) is 0 Å². The van der Waals surface area contributed by atoms with Crippen molar-refractivity contribution in [3.8, 4) is 5.75 Å². The van der Waals surface area contributed by atoms with Gasteiger partial charge >= 0.3 is 0 Å². The van der Waals surface area contributed by atoms with E-state index >= 15 is 0 Å². The fourth-order valence-corrected chi connectivity index (χ4v) is 3.18. The Kier molecular flexibility index (Phi) is 4.33. The van der Waals surface area contributed by atoms with Crippen molar-refractivity contribution in [2.75, 3.05) is 7.11 Å². The van der Waals surface area contributed by atoms with Gasteiger partial charge in [0.25, 0.3) is 5.56 Å². The van der Waals surface area contributed by atoms with Crippen molar-refractivity contribution in [3.05, 3.63) is 74.0 Å². The van der Waals surface area contributed by atoms with Crippen LogP contribution < -0.4 is 10.3 Å². The highest BCUT2D eigenvalue weighted by Crippen LogP contribution is 2.28. The standard InChI is InChI=1S/C18H15Cl2NO2/c1-11-8-17(22)21(10-12-6-7-13(19)9-15(12)20)18-14(11)4-3-5-16(18)23-2/h3-9H,10H2,1-2H3. The molecule has 0 bridgehead atoms. The molecular weight excluding hydrogens is 333 g/mol. The summed E-state index contributed by atoms with van der Waals surface area (Å²) in [5, 5.41) is 2.08. The highest BCUT2D eigenvalue weighted by Gasteiger charge is 2.13. The average Bonchev–Trinajstić information content (AvgIpc) is 2.52. The van der Waals surface area contributed by atoms with Gasteiger partial charge in [-0.1, -0.05) is 41.4 Å². The van der Waals surface area contributed by atoms with Gasteiger partial charge in [0.2, 0.25) is 0 Å². The Hall–Kier alpha value is -1.97. The molecule has 0 aliphatic carbocycles. The lowest BCUT2D eigenvalue weighted by atomic mass is 10.1. The van der Waals surface area contributed by atoms with Gasteiger partial charge < -0.3 is 9.30 Å². The minimum absolute atomic E-state index is 0.0921. The van der Waals surface area contributed by atoms with Gasteiger partial charge in [-0.2, -0.15) is 0 Å². The Labute approximate surface area is 144 Å². The van der Waals surface area contributed by atoms with E-state index in [4.69, 9.17) is 27.9 Å². The molecule has 3 aromatic rings. The van der Waals surface area contributed by atoms with Crippen LogP contribution in [0.4, 0.5) is 0 Å². The van der Waals surface area contributed by atoms with E-state index in [0.717, 1.165) is 22.0 Å². The van der Waals surface area contributed by atoms with E-state index in [1.165, 1.54) is 0 Å². The number of pyridine rings is 1. The van der Waals surface area contributed by atoms with Crippen LogP contribution in [-0.4, -0.2) is 11.7 Å². The SMILES string of the molecule is COc1cccc2c(C)cc(=O)n(Cc3ccc(Cl)cc3Cl)c12. The second-order valence-electron chi connectivity index (χ2n) is 5.34. The fourth-order valence-electron chi connectivity index (χ4n) is 2.71. The van der Waals surface area contributed by atoms with Crippen LogP contribution in [0.2, 0.25) is 10.0 Å². The number of para-hydroxylation sites is 1. The summed E-state index contributed by atoms with van der Waals surface area (Å²) in [6.45, 7) is 2.27. The minimum Gasteiger partial charge on any atom is -0.495 e. The zero-order valence-electron chi connectivity index (χ0n) is 12.8. The van der Waals surface area contributed by atoms with E-state index in [1.807, 2.05) is 31.2 Å². The molecule has 0 aliphatic heterocycles. The zero-order valence-corrected chi connectivity index (χ0v) is 14.3. The molecule has 0 fully saturated rings. The minimum atomic E-state index is -0.0921. The van der Waals surface area contributed by atoms with E-state index in [1.54, 1.807) is 29.9 Å². The molecule has 0 saturated carbocycles. The number of fused-ring (bicyclic) bond motifs is 1. The quantitative estimate of drug-likeness (QED) is 0.689. The number of nitrogens with zero attached hydrogens (tertiary/aromatic N) is 1. The van der Waals surface area contributed by atoms with Crippen molar-refractivity contribution >= 4 is 34.1 Å². The average molecular weight is 348 g/mol. The Morgan fingerprint density at radius 3 is 2.61 bits per heavy atom. The molecule has 0 saturated heterocycles. The summed E-state index contributed by atoms with van der Waals surface area (Å²) in [4.78, 5) is 12.5. The van der Waals surface area contributed by atoms with Gasteiger partial charge in [0.05, 0.1) is 19.2 Å². The molecule has 0 aliphatic rings. The number of hydrogen-bond acceptors (Lipinski definition) is 2. The molecule has 0 amide bonds. The summed E-state index contributed by atoms with van der Waals surface area (Å²) in [6, 6.07) is 12.6. The van der Waals surface area contributed by atoms with Gasteiger partial charge in [-0.15, -0.1) is 0 Å². The van der Waals surface area contributed by atoms with Crippen molar-refractivity contribution in [3.63, 3.8) is 0 Å². The summed E-state index contributed by atoms with van der Waals surface area (Å²) < 4.78 is 7.13. The van der Waals surface area contributed by atoms with Gasteiger partial charge in [0, 0.05) is 21.5 Å². The summed E-state index contributed by atoms with van der Waals surface area (Å²) in [5.74, 6) is 0.661. The maximum atomic E-state index is 12.5. The maximum absolute atomic E-state index is 12.5. The number of aromatic nitrogens is 1. The van der Waals surface area contributed by atoms with Crippen molar-refractivity contribution in [2.24, 2.45) is 0 Å². The summed E-state index contributed by atoms with van der Waals surface area (Å²) in [5.41, 5.74) is 2.42. The zero-order chi connectivity index (χ0) is 16.6. The lowest BCUT2D eigenvalue weighted by Crippen LogP contribution is -2.21. The first-order valence-electron chi connectivity index (χ1n) is 7.12. The largest absolute Gasteiger partial charge is 0.495 e. The predicted molar refractivity (Wildman–Crippen MR) is 95.1 cm³/mol. The molecule has 0 spiro atoms.